The first-order valence-electron chi connectivity index (χ1n) is 11.5. The predicted molar refractivity (Wildman–Crippen MR) is 121 cm³/mol. The van der Waals surface area contributed by atoms with Crippen LogP contribution in [0.1, 0.15) is 80.1 Å². The van der Waals surface area contributed by atoms with Crippen molar-refractivity contribution in [3.63, 3.8) is 0 Å². The van der Waals surface area contributed by atoms with E-state index in [2.05, 4.69) is 5.32 Å². The normalized spacial score (nSPS) is 26.1. The Kier molecular flexibility index (Phi) is 5.94. The van der Waals surface area contributed by atoms with Crippen LogP contribution in [0.15, 0.2) is 0 Å². The number of thiophene rings is 1. The Bertz CT molecular complexity index is 981. The fraction of sp³-hybridized carbons (Fsp3) is 0.667. The Labute approximate surface area is 192 Å². The number of anilines is 1. The molecule has 1 aliphatic heterocycles. The molecule has 0 radical (unpaired) electrons. The summed E-state index contributed by atoms with van der Waals surface area (Å²) in [7, 11) is 1.35. The van der Waals surface area contributed by atoms with E-state index in [1.165, 1.54) is 23.3 Å². The Morgan fingerprint density at radius 1 is 1.19 bits per heavy atom. The summed E-state index contributed by atoms with van der Waals surface area (Å²) >= 11 is 1.45. The standard InChI is InChI=1S/C24H32N2O5S/c1-23(2)15-11-12-24(23,3)22(30)26(20(15)28)13-7-10-17(27)25-19-18(21(29)31-4)14-8-5-6-9-16(14)32-19/h15H,5-13H2,1-4H3,(H,25,27). The van der Waals surface area contributed by atoms with Gasteiger partial charge in [0, 0.05) is 23.8 Å². The molecule has 2 atom stereocenters. The SMILES string of the molecule is COC(=O)c1c(NC(=O)CCCN2C(=O)C3CCC(C)(C2=O)C3(C)C)sc2c1CCCC2. The van der Waals surface area contributed by atoms with Crippen molar-refractivity contribution in [2.75, 3.05) is 19.0 Å². The van der Waals surface area contributed by atoms with Crippen molar-refractivity contribution in [1.29, 1.82) is 0 Å². The summed E-state index contributed by atoms with van der Waals surface area (Å²) < 4.78 is 4.95. The summed E-state index contributed by atoms with van der Waals surface area (Å²) in [6.45, 7) is 6.25. The summed E-state index contributed by atoms with van der Waals surface area (Å²) in [6, 6.07) is 0. The van der Waals surface area contributed by atoms with E-state index in [4.69, 9.17) is 4.74 Å². The number of fused-ring (bicyclic) bond motifs is 3. The summed E-state index contributed by atoms with van der Waals surface area (Å²) in [5.74, 6) is -0.996. The van der Waals surface area contributed by atoms with Crippen molar-refractivity contribution in [3.05, 3.63) is 16.0 Å². The Morgan fingerprint density at radius 3 is 2.62 bits per heavy atom. The highest BCUT2D eigenvalue weighted by atomic mass is 32.1. The molecule has 3 amide bonds. The molecule has 2 unspecified atom stereocenters. The van der Waals surface area contributed by atoms with Crippen LogP contribution in [0.3, 0.4) is 0 Å². The number of likely N-dealkylation sites (tertiary alicyclic amines) is 1. The van der Waals surface area contributed by atoms with Crippen LogP contribution in [0.4, 0.5) is 5.00 Å². The number of ether oxygens (including phenoxy) is 1. The van der Waals surface area contributed by atoms with E-state index < -0.39 is 11.4 Å². The minimum atomic E-state index is -0.528. The molecule has 1 aromatic rings. The van der Waals surface area contributed by atoms with Crippen LogP contribution in [-0.4, -0.2) is 42.2 Å². The number of methoxy groups -OCH3 is 1. The Morgan fingerprint density at radius 2 is 1.91 bits per heavy atom. The van der Waals surface area contributed by atoms with Gasteiger partial charge in [-0.1, -0.05) is 20.8 Å². The molecule has 174 valence electrons. The number of amides is 3. The molecule has 1 saturated carbocycles. The lowest BCUT2D eigenvalue weighted by molar-refractivity contribution is -0.168. The number of nitrogens with one attached hydrogen (secondary N) is 1. The molecule has 8 heteroatoms. The van der Waals surface area contributed by atoms with Crippen LogP contribution in [-0.2, 0) is 32.0 Å². The van der Waals surface area contributed by atoms with E-state index in [1.54, 1.807) is 0 Å². The highest BCUT2D eigenvalue weighted by Crippen LogP contribution is 2.60. The van der Waals surface area contributed by atoms with E-state index >= 15 is 0 Å². The molecule has 0 aromatic carbocycles. The van der Waals surface area contributed by atoms with Gasteiger partial charge in [-0.3, -0.25) is 19.3 Å². The molecule has 4 rings (SSSR count). The number of piperidine rings is 1. The molecule has 2 aliphatic carbocycles. The van der Waals surface area contributed by atoms with Gasteiger partial charge in [-0.05, 0) is 55.9 Å². The largest absolute Gasteiger partial charge is 0.465 e. The fourth-order valence-corrected chi connectivity index (χ4v) is 6.97. The van der Waals surface area contributed by atoms with Gasteiger partial charge in [-0.2, -0.15) is 0 Å². The molecule has 1 aromatic heterocycles. The number of nitrogens with zero attached hydrogens (tertiary/aromatic N) is 1. The Balaban J connectivity index is 1.40. The van der Waals surface area contributed by atoms with E-state index in [9.17, 15) is 19.2 Å². The molecular formula is C24H32N2O5S. The summed E-state index contributed by atoms with van der Waals surface area (Å²) in [5, 5.41) is 3.43. The molecule has 2 fully saturated rings. The number of hydrogen-bond donors (Lipinski definition) is 1. The first-order chi connectivity index (χ1) is 15.1. The van der Waals surface area contributed by atoms with E-state index in [0.717, 1.165) is 49.0 Å². The van der Waals surface area contributed by atoms with Crippen molar-refractivity contribution < 1.29 is 23.9 Å². The molecule has 1 saturated heterocycles. The predicted octanol–water partition coefficient (Wildman–Crippen LogP) is 3.94. The molecule has 2 bridgehead atoms. The number of aryl methyl sites for hydroxylation is 1. The molecule has 1 N–H and O–H groups in total. The number of rotatable bonds is 6. The first kappa shape index (κ1) is 23.0. The van der Waals surface area contributed by atoms with Crippen LogP contribution >= 0.6 is 11.3 Å². The minimum Gasteiger partial charge on any atom is -0.465 e. The zero-order valence-electron chi connectivity index (χ0n) is 19.3. The van der Waals surface area contributed by atoms with E-state index in [1.807, 2.05) is 20.8 Å². The van der Waals surface area contributed by atoms with E-state index in [-0.39, 0.29) is 42.0 Å². The van der Waals surface area contributed by atoms with Crippen molar-refractivity contribution >= 4 is 40.0 Å². The maximum atomic E-state index is 13.1. The smallest absolute Gasteiger partial charge is 0.341 e. The maximum absolute atomic E-state index is 13.1. The van der Waals surface area contributed by atoms with Crippen LogP contribution < -0.4 is 5.32 Å². The van der Waals surface area contributed by atoms with Gasteiger partial charge in [0.05, 0.1) is 18.1 Å². The second-order valence-electron chi connectivity index (χ2n) is 10.00. The summed E-state index contributed by atoms with van der Waals surface area (Å²) in [6.07, 6.45) is 5.87. The number of carbonyl (C=O) groups excluding carboxylic acids is 4. The average Bonchev–Trinajstić information content (AvgIpc) is 3.20. The molecule has 2 heterocycles. The topological polar surface area (TPSA) is 92.8 Å². The number of carbonyl (C=O) groups is 4. The van der Waals surface area contributed by atoms with Crippen LogP contribution in [0.5, 0.6) is 0 Å². The molecule has 0 spiro atoms. The monoisotopic (exact) mass is 460 g/mol. The highest BCUT2D eigenvalue weighted by molar-refractivity contribution is 7.17. The molecule has 7 nitrogen and oxygen atoms in total. The van der Waals surface area contributed by atoms with Gasteiger partial charge in [0.15, 0.2) is 0 Å². The lowest BCUT2D eigenvalue weighted by Crippen LogP contribution is -2.59. The number of hydrogen-bond acceptors (Lipinski definition) is 6. The lowest BCUT2D eigenvalue weighted by atomic mass is 9.62. The van der Waals surface area contributed by atoms with Gasteiger partial charge >= 0.3 is 5.97 Å². The second-order valence-corrected chi connectivity index (χ2v) is 11.1. The third kappa shape index (κ3) is 3.47. The first-order valence-corrected chi connectivity index (χ1v) is 12.3. The van der Waals surface area contributed by atoms with Gasteiger partial charge < -0.3 is 10.1 Å². The minimum absolute atomic E-state index is 0.103. The van der Waals surface area contributed by atoms with Gasteiger partial charge in [-0.15, -0.1) is 11.3 Å². The summed E-state index contributed by atoms with van der Waals surface area (Å²) in [4.78, 5) is 53.6. The van der Waals surface area contributed by atoms with Crippen molar-refractivity contribution in [2.24, 2.45) is 16.7 Å². The molecule has 32 heavy (non-hydrogen) atoms. The fourth-order valence-electron chi connectivity index (χ4n) is 5.67. The van der Waals surface area contributed by atoms with Crippen LogP contribution in [0.2, 0.25) is 0 Å². The quantitative estimate of drug-likeness (QED) is 0.513. The zero-order valence-corrected chi connectivity index (χ0v) is 20.2. The zero-order chi connectivity index (χ0) is 23.3. The van der Waals surface area contributed by atoms with Gasteiger partial charge in [-0.25, -0.2) is 4.79 Å². The number of esters is 1. The third-order valence-electron chi connectivity index (χ3n) is 8.11. The summed E-state index contributed by atoms with van der Waals surface area (Å²) in [5.41, 5.74) is 0.615. The van der Waals surface area contributed by atoms with Crippen molar-refractivity contribution in [1.82, 2.24) is 4.90 Å². The van der Waals surface area contributed by atoms with Gasteiger partial charge in [0.2, 0.25) is 17.7 Å². The average molecular weight is 461 g/mol. The maximum Gasteiger partial charge on any atom is 0.341 e. The molecule has 3 aliphatic rings. The van der Waals surface area contributed by atoms with Crippen LogP contribution in [0.25, 0.3) is 0 Å². The third-order valence-corrected chi connectivity index (χ3v) is 9.31. The van der Waals surface area contributed by atoms with Crippen molar-refractivity contribution in [3.8, 4) is 0 Å². The van der Waals surface area contributed by atoms with Gasteiger partial charge in [0.1, 0.15) is 5.00 Å². The second kappa shape index (κ2) is 8.28. The van der Waals surface area contributed by atoms with Gasteiger partial charge in [0.25, 0.3) is 0 Å². The van der Waals surface area contributed by atoms with E-state index in [0.29, 0.717) is 17.0 Å². The van der Waals surface area contributed by atoms with Crippen molar-refractivity contribution in [2.45, 2.75) is 72.1 Å². The highest BCUT2D eigenvalue weighted by Gasteiger charge is 2.64. The van der Waals surface area contributed by atoms with Crippen LogP contribution in [0, 0.1) is 16.7 Å². The Hall–Kier alpha value is -2.22. The lowest BCUT2D eigenvalue weighted by Gasteiger charge is -2.47. The number of imide groups is 1. The molecular weight excluding hydrogens is 428 g/mol.